The van der Waals surface area contributed by atoms with Crippen LogP contribution in [-0.4, -0.2) is 72.0 Å². The number of rotatable bonds is 8. The van der Waals surface area contributed by atoms with Crippen LogP contribution < -0.4 is 4.74 Å². The molecule has 0 N–H and O–H groups in total. The molecule has 0 bridgehead atoms. The first-order valence-electron chi connectivity index (χ1n) is 13.0. The van der Waals surface area contributed by atoms with Gasteiger partial charge in [-0.1, -0.05) is 36.4 Å². The van der Waals surface area contributed by atoms with Gasteiger partial charge in [0.25, 0.3) is 0 Å². The molecule has 1 atom stereocenters. The van der Waals surface area contributed by atoms with Crippen LogP contribution in [-0.2, 0) is 16.6 Å². The molecule has 40 heavy (non-hydrogen) atoms. The van der Waals surface area contributed by atoms with Crippen LogP contribution in [0.2, 0.25) is 0 Å². The Bertz CT molecular complexity index is 1680. The molecule has 2 aromatic carbocycles. The van der Waals surface area contributed by atoms with Crippen molar-refractivity contribution in [2.45, 2.75) is 19.4 Å². The fraction of sp³-hybridized carbons (Fsp3) is 0.345. The largest absolute Gasteiger partial charge is 0.464 e. The van der Waals surface area contributed by atoms with Crippen LogP contribution in [0.3, 0.4) is 0 Å². The number of hydrogen-bond donors (Lipinski definition) is 0. The van der Waals surface area contributed by atoms with Crippen LogP contribution in [0, 0.1) is 18.3 Å². The van der Waals surface area contributed by atoms with E-state index in [1.54, 1.807) is 41.1 Å². The smallest absolute Gasteiger partial charge is 0.302 e. The molecule has 1 aliphatic heterocycles. The van der Waals surface area contributed by atoms with Gasteiger partial charge in [0.1, 0.15) is 5.82 Å². The van der Waals surface area contributed by atoms with Crippen molar-refractivity contribution in [3.8, 4) is 28.4 Å². The highest BCUT2D eigenvalue weighted by atomic mass is 32.2. The van der Waals surface area contributed by atoms with E-state index < -0.39 is 15.8 Å². The Labute approximate surface area is 233 Å². The molecule has 11 heteroatoms. The van der Waals surface area contributed by atoms with E-state index in [-0.39, 0.29) is 12.1 Å². The van der Waals surface area contributed by atoms with Gasteiger partial charge in [-0.05, 0) is 43.6 Å². The second kappa shape index (κ2) is 11.3. The van der Waals surface area contributed by atoms with Crippen molar-refractivity contribution in [1.82, 2.24) is 23.6 Å². The number of likely N-dealkylation sites (tertiary alicyclic amines) is 1. The number of nitrogens with zero attached hydrogens (tertiary/aromatic N) is 6. The van der Waals surface area contributed by atoms with Crippen LogP contribution in [0.4, 0.5) is 10.1 Å². The Kier molecular flexibility index (Phi) is 7.85. The highest BCUT2D eigenvalue weighted by Gasteiger charge is 2.23. The van der Waals surface area contributed by atoms with Gasteiger partial charge in [-0.25, -0.2) is 26.9 Å². The lowest BCUT2D eigenvalue weighted by atomic mass is 9.98. The van der Waals surface area contributed by atoms with E-state index in [0.29, 0.717) is 46.7 Å². The maximum absolute atomic E-state index is 15.3. The van der Waals surface area contributed by atoms with Crippen molar-refractivity contribution in [3.05, 3.63) is 77.7 Å². The van der Waals surface area contributed by atoms with Gasteiger partial charge in [0.2, 0.25) is 10.0 Å². The lowest BCUT2D eigenvalue weighted by Crippen LogP contribution is -2.35. The summed E-state index contributed by atoms with van der Waals surface area (Å²) < 4.78 is 48.2. The monoisotopic (exact) mass is 562 g/mol. The van der Waals surface area contributed by atoms with E-state index >= 15 is 4.39 Å². The lowest BCUT2D eigenvalue weighted by molar-refractivity contribution is 0.143. The molecule has 0 radical (unpaired) electrons. The first-order chi connectivity index (χ1) is 19.1. The average Bonchev–Trinajstić information content (AvgIpc) is 3.42. The van der Waals surface area contributed by atoms with Crippen LogP contribution in [0.15, 0.2) is 54.9 Å². The molecule has 0 spiro atoms. The number of benzene rings is 2. The number of fused-ring (bicyclic) bond motifs is 1. The molecular formula is C29H31FN6O3S. The van der Waals surface area contributed by atoms with Gasteiger partial charge in [-0.15, -0.1) is 0 Å². The molecule has 0 amide bonds. The van der Waals surface area contributed by atoms with E-state index in [9.17, 15) is 8.42 Å². The minimum absolute atomic E-state index is 0.0872. The summed E-state index contributed by atoms with van der Waals surface area (Å²) in [6, 6.07) is 12.2. The van der Waals surface area contributed by atoms with Crippen LogP contribution in [0.25, 0.3) is 32.9 Å². The lowest BCUT2D eigenvalue weighted by Gasteiger charge is -2.29. The molecule has 1 aliphatic rings. The summed E-state index contributed by atoms with van der Waals surface area (Å²) in [5.74, 6) is -0.152. The van der Waals surface area contributed by atoms with Gasteiger partial charge in [0, 0.05) is 44.0 Å². The molecular weight excluding hydrogens is 531 g/mol. The molecule has 0 aliphatic carbocycles. The summed E-state index contributed by atoms with van der Waals surface area (Å²) in [5.41, 5.74) is 3.72. The van der Waals surface area contributed by atoms with Gasteiger partial charge in [0.15, 0.2) is 11.3 Å². The predicted molar refractivity (Wildman–Crippen MR) is 152 cm³/mol. The molecule has 5 rings (SSSR count). The standard InChI is InChI=1S/C29H31FN6O3S/c1-31-24-11-9-21(10-12-24)27-26(22-7-8-23(25(30)16-22)18-35(3)40(4,37)38)28-32-13-15-36(28)29(33-27)39-19-20-6-5-14-34(2)17-20/h7-13,15-16,20H,5-6,14,17-19H2,2-4H3/t20-/m1/s1. The topological polar surface area (TPSA) is 84.4 Å². The molecule has 4 aromatic rings. The number of imidazole rings is 1. The number of aromatic nitrogens is 3. The molecule has 208 valence electrons. The van der Waals surface area contributed by atoms with E-state index in [0.717, 1.165) is 42.1 Å². The Balaban J connectivity index is 1.59. The Hall–Kier alpha value is -3.85. The van der Waals surface area contributed by atoms with Crippen LogP contribution >= 0.6 is 0 Å². The van der Waals surface area contributed by atoms with Gasteiger partial charge in [0.05, 0.1) is 30.7 Å². The Morgan fingerprint density at radius 3 is 2.62 bits per heavy atom. The van der Waals surface area contributed by atoms with Crippen molar-refractivity contribution < 1.29 is 17.5 Å². The zero-order valence-corrected chi connectivity index (χ0v) is 23.5. The van der Waals surface area contributed by atoms with Crippen molar-refractivity contribution in [1.29, 1.82) is 0 Å². The average molecular weight is 563 g/mol. The van der Waals surface area contributed by atoms with Gasteiger partial charge in [-0.3, -0.25) is 4.40 Å². The molecule has 3 heterocycles. The van der Waals surface area contributed by atoms with Gasteiger partial charge < -0.3 is 9.64 Å². The first kappa shape index (κ1) is 27.7. The van der Waals surface area contributed by atoms with Crippen molar-refractivity contribution in [3.63, 3.8) is 0 Å². The molecule has 1 saturated heterocycles. The third-order valence-corrected chi connectivity index (χ3v) is 8.52. The molecule has 0 saturated carbocycles. The summed E-state index contributed by atoms with van der Waals surface area (Å²) in [7, 11) is 0.0595. The number of ether oxygens (including phenoxy) is 1. The number of piperidine rings is 1. The number of hydrogen-bond acceptors (Lipinski definition) is 6. The quantitative estimate of drug-likeness (QED) is 0.285. The predicted octanol–water partition coefficient (Wildman–Crippen LogP) is 4.87. The molecule has 1 fully saturated rings. The Morgan fingerprint density at radius 2 is 1.95 bits per heavy atom. The zero-order chi connectivity index (χ0) is 28.4. The minimum atomic E-state index is -3.47. The maximum Gasteiger partial charge on any atom is 0.302 e. The van der Waals surface area contributed by atoms with Crippen LogP contribution in [0.1, 0.15) is 18.4 Å². The number of halogens is 1. The molecule has 9 nitrogen and oxygen atoms in total. The van der Waals surface area contributed by atoms with Crippen LogP contribution in [0.5, 0.6) is 6.01 Å². The first-order valence-corrected chi connectivity index (χ1v) is 14.9. The van der Waals surface area contributed by atoms with E-state index in [2.05, 4.69) is 21.8 Å². The fourth-order valence-electron chi connectivity index (χ4n) is 5.01. The third kappa shape index (κ3) is 5.84. The van der Waals surface area contributed by atoms with Crippen molar-refractivity contribution in [2.75, 3.05) is 40.0 Å². The van der Waals surface area contributed by atoms with Crippen molar-refractivity contribution in [2.24, 2.45) is 5.92 Å². The normalized spacial score (nSPS) is 16.4. The van der Waals surface area contributed by atoms with Gasteiger partial charge in [-0.2, -0.15) is 4.98 Å². The van der Waals surface area contributed by atoms with E-state index in [1.165, 1.54) is 13.1 Å². The summed E-state index contributed by atoms with van der Waals surface area (Å²) in [6.45, 7) is 9.77. The summed E-state index contributed by atoms with van der Waals surface area (Å²) in [6.07, 6.45) is 6.71. The third-order valence-electron chi connectivity index (χ3n) is 7.26. The second-order valence-corrected chi connectivity index (χ2v) is 12.4. The van der Waals surface area contributed by atoms with Crippen molar-refractivity contribution >= 4 is 21.4 Å². The minimum Gasteiger partial charge on any atom is -0.464 e. The number of sulfonamides is 1. The maximum atomic E-state index is 15.3. The zero-order valence-electron chi connectivity index (χ0n) is 22.7. The molecule has 2 aromatic heterocycles. The highest BCUT2D eigenvalue weighted by molar-refractivity contribution is 7.88. The van der Waals surface area contributed by atoms with E-state index in [4.69, 9.17) is 16.3 Å². The fourth-order valence-corrected chi connectivity index (χ4v) is 5.39. The SMILES string of the molecule is [C-]#[N+]c1ccc(-c2nc(OC[C@@H]3CCCN(C)C3)n3ccnc3c2-c2ccc(CN(C)S(C)(=O)=O)c(F)c2)cc1. The van der Waals surface area contributed by atoms with Gasteiger partial charge >= 0.3 is 6.01 Å². The second-order valence-electron chi connectivity index (χ2n) is 10.3. The highest BCUT2D eigenvalue weighted by Crippen LogP contribution is 2.37. The summed E-state index contributed by atoms with van der Waals surface area (Å²) in [5, 5.41) is 0. The Morgan fingerprint density at radius 1 is 1.20 bits per heavy atom. The summed E-state index contributed by atoms with van der Waals surface area (Å²) >= 11 is 0. The summed E-state index contributed by atoms with van der Waals surface area (Å²) in [4.78, 5) is 15.3. The van der Waals surface area contributed by atoms with E-state index in [1.807, 2.05) is 12.1 Å². The molecule has 0 unspecified atom stereocenters.